The number of rotatable bonds is 5. The van der Waals surface area contributed by atoms with E-state index in [1.54, 1.807) is 42.5 Å². The van der Waals surface area contributed by atoms with E-state index in [1.807, 2.05) is 24.3 Å². The molecule has 2 aliphatic heterocycles. The Hall–Kier alpha value is -2.49. The van der Waals surface area contributed by atoms with Gasteiger partial charge in [-0.25, -0.2) is 4.39 Å². The van der Waals surface area contributed by atoms with E-state index in [2.05, 4.69) is 59.3 Å². The van der Waals surface area contributed by atoms with Crippen molar-refractivity contribution >= 4 is 57.4 Å². The molecule has 3 aromatic rings. The number of benzene rings is 3. The van der Waals surface area contributed by atoms with E-state index in [-0.39, 0.29) is 23.0 Å². The molecule has 5 nitrogen and oxygen atoms in total. The third-order valence-corrected chi connectivity index (χ3v) is 8.59. The van der Waals surface area contributed by atoms with E-state index in [1.165, 1.54) is 0 Å². The molecule has 3 aromatic carbocycles. The number of amides is 2. The molecule has 0 radical (unpaired) electrons. The summed E-state index contributed by atoms with van der Waals surface area (Å²) in [6.45, 7) is 6.30. The van der Waals surface area contributed by atoms with Crippen LogP contribution in [0.25, 0.3) is 0 Å². The number of halogens is 3. The van der Waals surface area contributed by atoms with Crippen LogP contribution in [0.15, 0.2) is 66.7 Å². The van der Waals surface area contributed by atoms with Crippen molar-refractivity contribution in [2.75, 3.05) is 10.6 Å². The molecular formula is C30H30ClFIN3O2. The average molecular weight is 646 g/mol. The lowest BCUT2D eigenvalue weighted by atomic mass is 9.62. The number of hydrogen-bond donors (Lipinski definition) is 3. The predicted molar refractivity (Wildman–Crippen MR) is 158 cm³/mol. The Bertz CT molecular complexity index is 1390. The number of carbonyl (C=O) groups is 2. The first kappa shape index (κ1) is 27.1. The zero-order valence-corrected chi connectivity index (χ0v) is 24.4. The van der Waals surface area contributed by atoms with Gasteiger partial charge in [-0.15, -0.1) is 0 Å². The minimum absolute atomic E-state index is 0.182. The maximum atomic E-state index is 16.1. The molecule has 4 atom stereocenters. The molecule has 1 spiro atoms. The Labute approximate surface area is 241 Å². The van der Waals surface area contributed by atoms with Gasteiger partial charge in [0.05, 0.1) is 6.04 Å². The summed E-state index contributed by atoms with van der Waals surface area (Å²) in [6.07, 6.45) is 0.585. The normalized spacial score (nSPS) is 24.4. The van der Waals surface area contributed by atoms with Crippen LogP contribution < -0.4 is 16.0 Å². The number of hydrogen-bond acceptors (Lipinski definition) is 3. The second-order valence-corrected chi connectivity index (χ2v) is 12.5. The second-order valence-electron chi connectivity index (χ2n) is 11.3. The van der Waals surface area contributed by atoms with Crippen molar-refractivity contribution in [1.82, 2.24) is 5.32 Å². The largest absolute Gasteiger partial charge is 0.325 e. The number of fused-ring (bicyclic) bond motifs is 2. The first-order valence-corrected chi connectivity index (χ1v) is 14.5. The number of para-hydroxylation sites is 1. The quantitative estimate of drug-likeness (QED) is 0.211. The van der Waals surface area contributed by atoms with Crippen LogP contribution in [0.2, 0.25) is 5.02 Å². The highest BCUT2D eigenvalue weighted by Gasteiger charge is 2.66. The fourth-order valence-electron chi connectivity index (χ4n) is 6.08. The van der Waals surface area contributed by atoms with E-state index in [9.17, 15) is 9.59 Å². The number of carbonyl (C=O) groups excluding carboxylic acids is 2. The lowest BCUT2D eigenvalue weighted by Crippen LogP contribution is -2.49. The second kappa shape index (κ2) is 10.2. The lowest BCUT2D eigenvalue weighted by molar-refractivity contribution is -0.122. The summed E-state index contributed by atoms with van der Waals surface area (Å²) in [5.74, 6) is -1.75. The van der Waals surface area contributed by atoms with Crippen molar-refractivity contribution in [2.45, 2.75) is 55.0 Å². The fourth-order valence-corrected chi connectivity index (χ4v) is 6.84. The number of anilines is 2. The van der Waals surface area contributed by atoms with Crippen molar-refractivity contribution in [3.05, 3.63) is 94.3 Å². The zero-order chi connectivity index (χ0) is 27.2. The van der Waals surface area contributed by atoms with Gasteiger partial charge in [0.1, 0.15) is 11.2 Å². The van der Waals surface area contributed by atoms with Crippen LogP contribution in [-0.4, -0.2) is 23.9 Å². The van der Waals surface area contributed by atoms with Crippen molar-refractivity contribution in [3.63, 3.8) is 0 Å². The van der Waals surface area contributed by atoms with Crippen molar-refractivity contribution in [1.29, 1.82) is 0 Å². The fraction of sp³-hybridized carbons (Fsp3) is 0.333. The molecule has 8 heteroatoms. The van der Waals surface area contributed by atoms with E-state index < -0.39 is 23.4 Å². The summed E-state index contributed by atoms with van der Waals surface area (Å²) >= 11 is 8.44. The van der Waals surface area contributed by atoms with E-state index in [0.29, 0.717) is 38.4 Å². The van der Waals surface area contributed by atoms with Gasteiger partial charge in [0.25, 0.3) is 0 Å². The summed E-state index contributed by atoms with van der Waals surface area (Å²) in [5.41, 5.74) is 1.45. The Morgan fingerprint density at radius 3 is 2.53 bits per heavy atom. The molecule has 0 unspecified atom stereocenters. The van der Waals surface area contributed by atoms with Crippen LogP contribution in [0.4, 0.5) is 15.8 Å². The van der Waals surface area contributed by atoms with Gasteiger partial charge >= 0.3 is 0 Å². The summed E-state index contributed by atoms with van der Waals surface area (Å²) in [7, 11) is 0. The molecule has 3 N–H and O–H groups in total. The third kappa shape index (κ3) is 4.62. The van der Waals surface area contributed by atoms with Crippen molar-refractivity contribution in [3.8, 4) is 0 Å². The molecule has 0 aromatic heterocycles. The monoisotopic (exact) mass is 645 g/mol. The highest BCUT2D eigenvalue weighted by molar-refractivity contribution is 14.1. The van der Waals surface area contributed by atoms with Crippen LogP contribution in [0.1, 0.15) is 49.8 Å². The first-order chi connectivity index (χ1) is 18.1. The Kier molecular flexibility index (Phi) is 7.30. The van der Waals surface area contributed by atoms with E-state index >= 15 is 4.39 Å². The number of alkyl halides is 1. The van der Waals surface area contributed by atoms with Crippen LogP contribution in [-0.2, 0) is 19.4 Å². The molecule has 0 saturated carbocycles. The van der Waals surface area contributed by atoms with Crippen molar-refractivity contribution < 1.29 is 14.0 Å². The van der Waals surface area contributed by atoms with Gasteiger partial charge < -0.3 is 16.0 Å². The van der Waals surface area contributed by atoms with Gasteiger partial charge in [-0.3, -0.25) is 9.59 Å². The van der Waals surface area contributed by atoms with Crippen LogP contribution in [0, 0.1) is 11.2 Å². The Balaban J connectivity index is 1.75. The van der Waals surface area contributed by atoms with Crippen LogP contribution in [0.5, 0.6) is 0 Å². The minimum atomic E-state index is -1.23. The van der Waals surface area contributed by atoms with E-state index in [4.69, 9.17) is 11.6 Å². The molecular weight excluding hydrogens is 616 g/mol. The molecule has 2 amide bonds. The average Bonchev–Trinajstić information content (AvgIpc) is 3.33. The smallest absolute Gasteiger partial charge is 0.242 e. The first-order valence-electron chi connectivity index (χ1n) is 12.6. The van der Waals surface area contributed by atoms with Crippen molar-refractivity contribution in [2.24, 2.45) is 5.41 Å². The summed E-state index contributed by atoms with van der Waals surface area (Å²) < 4.78 is 16.6. The maximum Gasteiger partial charge on any atom is 0.242 e. The summed E-state index contributed by atoms with van der Waals surface area (Å²) in [6, 6.07) is 18.4. The van der Waals surface area contributed by atoms with Gasteiger partial charge in [0.2, 0.25) is 11.8 Å². The van der Waals surface area contributed by atoms with Gasteiger partial charge in [-0.05, 0) is 52.8 Å². The Morgan fingerprint density at radius 1 is 1.11 bits per heavy atom. The maximum absolute atomic E-state index is 16.1. The molecule has 0 aliphatic carbocycles. The van der Waals surface area contributed by atoms with Gasteiger partial charge in [-0.2, -0.15) is 0 Å². The summed E-state index contributed by atoms with van der Waals surface area (Å²) in [5, 5.41) is 10.0. The van der Waals surface area contributed by atoms with Gasteiger partial charge in [0, 0.05) is 32.8 Å². The standard InChI is InChI=1S/C30H30ClFIN3O2/c1-29(2,3)15-23-30(21-13-12-18(31)14-22(21)35-28(30)38)24(20-11-7-8-17(16-33)25(20)32)26(36-23)27(37)34-19-9-5-4-6-10-19/h4-14,23-24,26,36H,15-16H2,1-3H3,(H,34,37)(H,35,38)/t23-,24-,26+,30+/m0/s1. The molecule has 0 bridgehead atoms. The molecule has 1 fully saturated rings. The van der Waals surface area contributed by atoms with Crippen LogP contribution in [0.3, 0.4) is 0 Å². The van der Waals surface area contributed by atoms with E-state index in [0.717, 1.165) is 5.56 Å². The molecule has 198 valence electrons. The molecule has 2 aliphatic rings. The molecule has 1 saturated heterocycles. The lowest BCUT2D eigenvalue weighted by Gasteiger charge is -2.37. The third-order valence-electron chi connectivity index (χ3n) is 7.53. The highest BCUT2D eigenvalue weighted by Crippen LogP contribution is 2.57. The summed E-state index contributed by atoms with van der Waals surface area (Å²) in [4.78, 5) is 28.1. The molecule has 5 rings (SSSR count). The highest BCUT2D eigenvalue weighted by atomic mass is 127. The molecule has 38 heavy (non-hydrogen) atoms. The number of nitrogens with one attached hydrogen (secondary N) is 3. The van der Waals surface area contributed by atoms with Crippen LogP contribution >= 0.6 is 34.2 Å². The SMILES string of the molecule is CC(C)(C)C[C@@H]1N[C@@H](C(=O)Nc2ccccc2)[C@H](c2cccc(CI)c2F)[C@]12C(=O)Nc1cc(Cl)ccc12. The van der Waals surface area contributed by atoms with Gasteiger partial charge in [0.15, 0.2) is 0 Å². The topological polar surface area (TPSA) is 70.2 Å². The van der Waals surface area contributed by atoms with Gasteiger partial charge in [-0.1, -0.05) is 97.4 Å². The zero-order valence-electron chi connectivity index (χ0n) is 21.4. The predicted octanol–water partition coefficient (Wildman–Crippen LogP) is 6.80. The Morgan fingerprint density at radius 2 is 1.84 bits per heavy atom. The minimum Gasteiger partial charge on any atom is -0.325 e. The molecule has 2 heterocycles.